The summed E-state index contributed by atoms with van der Waals surface area (Å²) in [7, 11) is 0. The monoisotopic (exact) mass is 857 g/mol. The molecule has 0 aliphatic rings. The van der Waals surface area contributed by atoms with Crippen LogP contribution in [-0.4, -0.2) is 37.2 Å². The molecule has 0 spiro atoms. The summed E-state index contributed by atoms with van der Waals surface area (Å²) in [5.41, 5.74) is 0. The van der Waals surface area contributed by atoms with E-state index in [0.717, 1.165) is 89.9 Å². The molecule has 0 aliphatic heterocycles. The average molecular weight is 857 g/mol. The van der Waals surface area contributed by atoms with E-state index >= 15 is 0 Å². The fraction of sp³-hybridized carbons (Fsp3) is 0.836. The van der Waals surface area contributed by atoms with Crippen LogP contribution < -0.4 is 0 Å². The van der Waals surface area contributed by atoms with Gasteiger partial charge in [-0.1, -0.05) is 224 Å². The molecule has 0 rings (SSSR count). The summed E-state index contributed by atoms with van der Waals surface area (Å²) in [5, 5.41) is 0. The minimum atomic E-state index is -0.778. The molecule has 0 heterocycles. The van der Waals surface area contributed by atoms with Crippen LogP contribution in [0.3, 0.4) is 0 Å². The number of carbonyl (C=O) groups is 3. The number of rotatable bonds is 48. The third kappa shape index (κ3) is 48.5. The van der Waals surface area contributed by atoms with Gasteiger partial charge in [0.25, 0.3) is 0 Å². The maximum Gasteiger partial charge on any atom is 0.306 e. The van der Waals surface area contributed by atoms with Gasteiger partial charge in [-0.15, -0.1) is 0 Å². The topological polar surface area (TPSA) is 78.9 Å². The van der Waals surface area contributed by atoms with Crippen molar-refractivity contribution in [2.24, 2.45) is 0 Å². The molecule has 0 N–H and O–H groups in total. The molecule has 0 bridgehead atoms. The largest absolute Gasteiger partial charge is 0.462 e. The lowest BCUT2D eigenvalue weighted by molar-refractivity contribution is -0.167. The molecule has 0 aromatic carbocycles. The quantitative estimate of drug-likeness (QED) is 0.0262. The maximum atomic E-state index is 12.8. The molecule has 1 atom stereocenters. The predicted molar refractivity (Wildman–Crippen MR) is 261 cm³/mol. The number of hydrogen-bond donors (Lipinski definition) is 0. The number of ether oxygens (including phenoxy) is 3. The predicted octanol–water partition coefficient (Wildman–Crippen LogP) is 17.3. The normalized spacial score (nSPS) is 12.2. The van der Waals surface area contributed by atoms with E-state index in [0.29, 0.717) is 19.3 Å². The van der Waals surface area contributed by atoms with Gasteiger partial charge < -0.3 is 14.2 Å². The molecule has 0 saturated carbocycles. The summed E-state index contributed by atoms with van der Waals surface area (Å²) in [6.45, 7) is 6.54. The zero-order valence-corrected chi connectivity index (χ0v) is 40.7. The first-order valence-electron chi connectivity index (χ1n) is 26.5. The minimum absolute atomic E-state index is 0.0770. The van der Waals surface area contributed by atoms with Crippen molar-refractivity contribution >= 4 is 17.9 Å². The second kappa shape index (κ2) is 50.3. The smallest absolute Gasteiger partial charge is 0.306 e. The first kappa shape index (κ1) is 58.6. The first-order valence-corrected chi connectivity index (χ1v) is 26.5. The van der Waals surface area contributed by atoms with E-state index in [-0.39, 0.29) is 31.1 Å². The number of unbranched alkanes of at least 4 members (excludes halogenated alkanes) is 31. The Bertz CT molecular complexity index is 1030. The van der Waals surface area contributed by atoms with E-state index in [1.165, 1.54) is 148 Å². The van der Waals surface area contributed by atoms with Crippen molar-refractivity contribution in [3.8, 4) is 0 Å². The lowest BCUT2D eigenvalue weighted by Gasteiger charge is -2.18. The molecule has 0 amide bonds. The lowest BCUT2D eigenvalue weighted by atomic mass is 10.0. The molecule has 0 fully saturated rings. The molecule has 356 valence electrons. The Morgan fingerprint density at radius 1 is 0.344 bits per heavy atom. The van der Waals surface area contributed by atoms with Crippen LogP contribution in [0.2, 0.25) is 0 Å². The number of allylic oxidation sites excluding steroid dienone is 6. The van der Waals surface area contributed by atoms with Crippen molar-refractivity contribution < 1.29 is 28.6 Å². The minimum Gasteiger partial charge on any atom is -0.462 e. The zero-order chi connectivity index (χ0) is 44.4. The Balaban J connectivity index is 4.37. The molecule has 0 saturated heterocycles. The number of carbonyl (C=O) groups excluding carboxylic acids is 3. The van der Waals surface area contributed by atoms with Gasteiger partial charge in [-0.3, -0.25) is 14.4 Å². The Hall–Kier alpha value is -2.37. The molecule has 61 heavy (non-hydrogen) atoms. The fourth-order valence-corrected chi connectivity index (χ4v) is 7.65. The summed E-state index contributed by atoms with van der Waals surface area (Å²) in [5.74, 6) is -0.890. The molecule has 6 heteroatoms. The molecule has 0 aromatic rings. The highest BCUT2D eigenvalue weighted by Crippen LogP contribution is 2.16. The van der Waals surface area contributed by atoms with E-state index in [2.05, 4.69) is 57.2 Å². The van der Waals surface area contributed by atoms with E-state index in [4.69, 9.17) is 14.2 Å². The molecule has 1 unspecified atom stereocenters. The van der Waals surface area contributed by atoms with Crippen LogP contribution >= 0.6 is 0 Å². The zero-order valence-electron chi connectivity index (χ0n) is 40.7. The third-order valence-corrected chi connectivity index (χ3v) is 11.6. The van der Waals surface area contributed by atoms with Gasteiger partial charge in [0.05, 0.1) is 0 Å². The van der Waals surface area contributed by atoms with Crippen molar-refractivity contribution in [3.63, 3.8) is 0 Å². The van der Waals surface area contributed by atoms with E-state index in [1.54, 1.807) is 0 Å². The van der Waals surface area contributed by atoms with Crippen LogP contribution in [0.25, 0.3) is 0 Å². The van der Waals surface area contributed by atoms with Crippen molar-refractivity contribution in [3.05, 3.63) is 36.5 Å². The summed E-state index contributed by atoms with van der Waals surface area (Å²) < 4.78 is 16.8. The van der Waals surface area contributed by atoms with Gasteiger partial charge in [0.1, 0.15) is 13.2 Å². The van der Waals surface area contributed by atoms with Crippen molar-refractivity contribution in [2.75, 3.05) is 13.2 Å². The fourth-order valence-electron chi connectivity index (χ4n) is 7.65. The SMILES string of the molecule is CC/C=C\C/C=C\CCCCCCCCCC(=O)OC(COC(=O)CCCCC/C=C\CCCCCCCCC)COC(=O)CCCCCCCCCCCCCCCCC. The second-order valence-corrected chi connectivity index (χ2v) is 17.8. The van der Waals surface area contributed by atoms with Crippen LogP contribution in [0.5, 0.6) is 0 Å². The van der Waals surface area contributed by atoms with Crippen molar-refractivity contribution in [2.45, 2.75) is 284 Å². The highest BCUT2D eigenvalue weighted by Gasteiger charge is 2.19. The van der Waals surface area contributed by atoms with Crippen molar-refractivity contribution in [1.29, 1.82) is 0 Å². The van der Waals surface area contributed by atoms with Crippen molar-refractivity contribution in [1.82, 2.24) is 0 Å². The van der Waals surface area contributed by atoms with E-state index in [1.807, 2.05) is 0 Å². The summed E-state index contributed by atoms with van der Waals surface area (Å²) >= 11 is 0. The van der Waals surface area contributed by atoms with Crippen LogP contribution in [0.1, 0.15) is 278 Å². The average Bonchev–Trinajstić information content (AvgIpc) is 3.26. The molecule has 0 radical (unpaired) electrons. The Kier molecular flexibility index (Phi) is 48.3. The molecular formula is C55H100O6. The Morgan fingerprint density at radius 2 is 0.639 bits per heavy atom. The highest BCUT2D eigenvalue weighted by atomic mass is 16.6. The number of hydrogen-bond acceptors (Lipinski definition) is 6. The van der Waals surface area contributed by atoms with Crippen LogP contribution in [0, 0.1) is 0 Å². The standard InChI is InChI=1S/C55H100O6/c1-4-7-10-13-16-19-22-25-28-31-33-36-39-42-45-48-54(57)60-51-52(61-55(58)49-46-43-40-37-34-30-27-24-21-18-15-12-9-6-3)50-59-53(56)47-44-41-38-35-32-29-26-23-20-17-14-11-8-5-2/h9,12,18,21,29,32,52H,4-8,10-11,13-17,19-20,22-28,30-31,33-51H2,1-3H3/b12-9-,21-18-,32-29-. The Labute approximate surface area is 378 Å². The van der Waals surface area contributed by atoms with Crippen LogP contribution in [0.4, 0.5) is 0 Å². The van der Waals surface area contributed by atoms with E-state index in [9.17, 15) is 14.4 Å². The van der Waals surface area contributed by atoms with Gasteiger partial charge >= 0.3 is 17.9 Å². The first-order chi connectivity index (χ1) is 30.0. The molecule has 0 aliphatic carbocycles. The summed E-state index contributed by atoms with van der Waals surface area (Å²) in [4.78, 5) is 38.0. The van der Waals surface area contributed by atoms with Gasteiger partial charge in [0.15, 0.2) is 6.10 Å². The van der Waals surface area contributed by atoms with Gasteiger partial charge in [0.2, 0.25) is 0 Å². The molecular weight excluding hydrogens is 757 g/mol. The third-order valence-electron chi connectivity index (χ3n) is 11.6. The summed E-state index contributed by atoms with van der Waals surface area (Å²) in [6.07, 6.45) is 58.4. The Morgan fingerprint density at radius 3 is 1.02 bits per heavy atom. The lowest BCUT2D eigenvalue weighted by Crippen LogP contribution is -2.30. The van der Waals surface area contributed by atoms with Crippen LogP contribution in [0.15, 0.2) is 36.5 Å². The molecule has 0 aromatic heterocycles. The van der Waals surface area contributed by atoms with Gasteiger partial charge in [0, 0.05) is 19.3 Å². The second-order valence-electron chi connectivity index (χ2n) is 17.8. The van der Waals surface area contributed by atoms with Gasteiger partial charge in [-0.05, 0) is 70.6 Å². The summed E-state index contributed by atoms with van der Waals surface area (Å²) in [6, 6.07) is 0. The van der Waals surface area contributed by atoms with E-state index < -0.39 is 6.10 Å². The number of esters is 3. The van der Waals surface area contributed by atoms with Gasteiger partial charge in [-0.2, -0.15) is 0 Å². The highest BCUT2D eigenvalue weighted by molar-refractivity contribution is 5.71. The van der Waals surface area contributed by atoms with Gasteiger partial charge in [-0.25, -0.2) is 0 Å². The molecule has 6 nitrogen and oxygen atoms in total. The van der Waals surface area contributed by atoms with Crippen LogP contribution in [-0.2, 0) is 28.6 Å². The maximum absolute atomic E-state index is 12.8.